The second-order valence-corrected chi connectivity index (χ2v) is 4.63. The summed E-state index contributed by atoms with van der Waals surface area (Å²) < 4.78 is 38.1. The Balaban J connectivity index is 2.19. The molecule has 1 saturated carbocycles. The molecule has 1 aliphatic rings. The highest BCUT2D eigenvalue weighted by molar-refractivity contribution is 6.29. The van der Waals surface area contributed by atoms with Crippen molar-refractivity contribution >= 4 is 23.3 Å². The van der Waals surface area contributed by atoms with Gasteiger partial charge in [0.15, 0.2) is 0 Å². The van der Waals surface area contributed by atoms with Gasteiger partial charge in [-0.05, 0) is 25.0 Å². The highest BCUT2D eigenvalue weighted by atomic mass is 35.5. The van der Waals surface area contributed by atoms with Crippen molar-refractivity contribution in [2.24, 2.45) is 5.84 Å². The van der Waals surface area contributed by atoms with Crippen molar-refractivity contribution in [3.63, 3.8) is 0 Å². The maximum atomic E-state index is 12.7. The van der Waals surface area contributed by atoms with Crippen molar-refractivity contribution < 1.29 is 18.0 Å². The van der Waals surface area contributed by atoms with Crippen LogP contribution in [0.4, 0.5) is 19.0 Å². The summed E-state index contributed by atoms with van der Waals surface area (Å²) in [6.45, 7) is 0. The second kappa shape index (κ2) is 4.53. The molecular formula is C10H10ClF3N4O. The predicted octanol–water partition coefficient (Wildman–Crippen LogP) is 1.85. The van der Waals surface area contributed by atoms with Crippen molar-refractivity contribution in [2.75, 3.05) is 5.43 Å². The summed E-state index contributed by atoms with van der Waals surface area (Å²) in [6.07, 6.45) is -4.71. The summed E-state index contributed by atoms with van der Waals surface area (Å²) in [7, 11) is 0. The molecule has 0 atom stereocenters. The van der Waals surface area contributed by atoms with Gasteiger partial charge in [-0.15, -0.1) is 0 Å². The summed E-state index contributed by atoms with van der Waals surface area (Å²) in [5.41, 5.74) is 0.0206. The zero-order chi connectivity index (χ0) is 14.3. The number of aromatic nitrogens is 1. The van der Waals surface area contributed by atoms with E-state index in [2.05, 4.69) is 10.4 Å². The van der Waals surface area contributed by atoms with Gasteiger partial charge in [-0.2, -0.15) is 13.2 Å². The molecule has 2 rings (SSSR count). The average Bonchev–Trinajstić information content (AvgIpc) is 3.08. The Kier molecular flexibility index (Phi) is 3.31. The van der Waals surface area contributed by atoms with Gasteiger partial charge in [0.25, 0.3) is 5.91 Å². The number of hydrogen-bond donors (Lipinski definition) is 3. The highest BCUT2D eigenvalue weighted by Crippen LogP contribution is 2.49. The van der Waals surface area contributed by atoms with E-state index in [9.17, 15) is 18.0 Å². The summed E-state index contributed by atoms with van der Waals surface area (Å²) in [5, 5.41) is 1.94. The number of nitrogen functional groups attached to an aromatic ring is 1. The van der Waals surface area contributed by atoms with Gasteiger partial charge in [0.05, 0.1) is 0 Å². The third-order valence-electron chi connectivity index (χ3n) is 2.85. The first kappa shape index (κ1) is 13.9. The molecule has 19 heavy (non-hydrogen) atoms. The summed E-state index contributed by atoms with van der Waals surface area (Å²) in [4.78, 5) is 15.5. The van der Waals surface area contributed by atoms with Gasteiger partial charge in [0, 0.05) is 5.56 Å². The molecule has 0 spiro atoms. The van der Waals surface area contributed by atoms with Gasteiger partial charge >= 0.3 is 6.18 Å². The predicted molar refractivity (Wildman–Crippen MR) is 62.5 cm³/mol. The van der Waals surface area contributed by atoms with Crippen molar-refractivity contribution in [1.29, 1.82) is 0 Å². The number of hydrazine groups is 1. The Hall–Kier alpha value is -1.54. The lowest BCUT2D eigenvalue weighted by Crippen LogP contribution is -2.47. The first-order chi connectivity index (χ1) is 8.77. The number of nitrogens with two attached hydrogens (primary N) is 1. The summed E-state index contributed by atoms with van der Waals surface area (Å²) in [6, 6.07) is 2.39. The van der Waals surface area contributed by atoms with Crippen LogP contribution < -0.4 is 16.6 Å². The van der Waals surface area contributed by atoms with E-state index in [1.165, 1.54) is 12.1 Å². The molecule has 4 N–H and O–H groups in total. The number of anilines is 1. The lowest BCUT2D eigenvalue weighted by Gasteiger charge is -2.20. The molecule has 0 aromatic carbocycles. The maximum absolute atomic E-state index is 12.7. The van der Waals surface area contributed by atoms with E-state index in [1.54, 1.807) is 0 Å². The van der Waals surface area contributed by atoms with E-state index in [0.29, 0.717) is 0 Å². The largest absolute Gasteiger partial charge is 0.411 e. The Bertz CT molecular complexity index is 516. The topological polar surface area (TPSA) is 80.0 Å². The molecule has 1 aromatic heterocycles. The van der Waals surface area contributed by atoms with Crippen LogP contribution in [0.1, 0.15) is 23.2 Å². The number of nitrogens with zero attached hydrogens (tertiary/aromatic N) is 1. The van der Waals surface area contributed by atoms with Gasteiger partial charge in [-0.3, -0.25) is 4.79 Å². The quantitative estimate of drug-likeness (QED) is 0.451. The molecule has 1 aliphatic carbocycles. The number of hydrogen-bond acceptors (Lipinski definition) is 4. The number of carbonyl (C=O) groups excluding carboxylic acids is 1. The molecular weight excluding hydrogens is 285 g/mol. The summed E-state index contributed by atoms with van der Waals surface area (Å²) >= 11 is 5.64. The molecule has 104 valence electrons. The number of carbonyl (C=O) groups is 1. The molecule has 9 heteroatoms. The standard InChI is InChI=1S/C10H10ClF3N4O/c11-6-3-5(4-7(16-6)18-15)8(19)17-9(1-2-9)10(12,13)14/h3-4H,1-2,15H2,(H,16,18)(H,17,19). The highest BCUT2D eigenvalue weighted by Gasteiger charge is 2.64. The van der Waals surface area contributed by atoms with Crippen LogP contribution in [0.15, 0.2) is 12.1 Å². The molecule has 1 aromatic rings. The van der Waals surface area contributed by atoms with Gasteiger partial charge in [-0.1, -0.05) is 11.6 Å². The molecule has 0 aliphatic heterocycles. The fourth-order valence-electron chi connectivity index (χ4n) is 1.60. The minimum absolute atomic E-state index is 0.0384. The van der Waals surface area contributed by atoms with E-state index >= 15 is 0 Å². The molecule has 1 heterocycles. The van der Waals surface area contributed by atoms with E-state index < -0.39 is 17.6 Å². The summed E-state index contributed by atoms with van der Waals surface area (Å²) in [5.74, 6) is 4.34. The van der Waals surface area contributed by atoms with Crippen molar-refractivity contribution in [3.05, 3.63) is 22.8 Å². The minimum Gasteiger partial charge on any atom is -0.338 e. The maximum Gasteiger partial charge on any atom is 0.411 e. The number of rotatable bonds is 3. The molecule has 1 fully saturated rings. The SMILES string of the molecule is NNc1cc(C(=O)NC2(C(F)(F)F)CC2)cc(Cl)n1. The molecule has 0 unspecified atom stereocenters. The van der Waals surface area contributed by atoms with Gasteiger partial charge in [0.1, 0.15) is 16.5 Å². The first-order valence-electron chi connectivity index (χ1n) is 5.31. The minimum atomic E-state index is -4.46. The lowest BCUT2D eigenvalue weighted by atomic mass is 10.2. The van der Waals surface area contributed by atoms with Gasteiger partial charge in [-0.25, -0.2) is 10.8 Å². The Morgan fingerprint density at radius 3 is 2.53 bits per heavy atom. The lowest BCUT2D eigenvalue weighted by molar-refractivity contribution is -0.163. The smallest absolute Gasteiger partial charge is 0.338 e. The van der Waals surface area contributed by atoms with Crippen LogP contribution >= 0.6 is 11.6 Å². The monoisotopic (exact) mass is 294 g/mol. The van der Waals surface area contributed by atoms with Crippen LogP contribution in [0.2, 0.25) is 5.15 Å². The first-order valence-corrected chi connectivity index (χ1v) is 5.69. The molecule has 5 nitrogen and oxygen atoms in total. The normalized spacial score (nSPS) is 16.9. The zero-order valence-electron chi connectivity index (χ0n) is 9.51. The van der Waals surface area contributed by atoms with E-state index in [1.807, 2.05) is 5.32 Å². The number of nitrogens with one attached hydrogen (secondary N) is 2. The van der Waals surface area contributed by atoms with Crippen LogP contribution in [-0.2, 0) is 0 Å². The Labute approximate surface area is 111 Å². The van der Waals surface area contributed by atoms with Crippen molar-refractivity contribution in [1.82, 2.24) is 10.3 Å². The van der Waals surface area contributed by atoms with Crippen LogP contribution in [0, 0.1) is 0 Å². The number of halogens is 4. The second-order valence-electron chi connectivity index (χ2n) is 4.24. The number of amides is 1. The fourth-order valence-corrected chi connectivity index (χ4v) is 1.80. The van der Waals surface area contributed by atoms with E-state index in [0.717, 1.165) is 0 Å². The number of pyridine rings is 1. The molecule has 0 radical (unpaired) electrons. The Morgan fingerprint density at radius 1 is 1.42 bits per heavy atom. The third kappa shape index (κ3) is 2.74. The fraction of sp³-hybridized carbons (Fsp3) is 0.400. The molecule has 1 amide bonds. The molecule has 0 bridgehead atoms. The molecule has 0 saturated heterocycles. The van der Waals surface area contributed by atoms with Gasteiger partial charge in [0.2, 0.25) is 0 Å². The van der Waals surface area contributed by atoms with E-state index in [-0.39, 0.29) is 29.4 Å². The third-order valence-corrected chi connectivity index (χ3v) is 3.04. The Morgan fingerprint density at radius 2 is 2.05 bits per heavy atom. The van der Waals surface area contributed by atoms with Crippen LogP contribution in [0.25, 0.3) is 0 Å². The average molecular weight is 295 g/mol. The van der Waals surface area contributed by atoms with Gasteiger partial charge < -0.3 is 10.7 Å². The number of alkyl halides is 3. The van der Waals surface area contributed by atoms with Crippen LogP contribution in [0.3, 0.4) is 0 Å². The van der Waals surface area contributed by atoms with Crippen LogP contribution in [-0.4, -0.2) is 22.6 Å². The van der Waals surface area contributed by atoms with Crippen molar-refractivity contribution in [2.45, 2.75) is 24.6 Å². The van der Waals surface area contributed by atoms with Crippen LogP contribution in [0.5, 0.6) is 0 Å². The van der Waals surface area contributed by atoms with E-state index in [4.69, 9.17) is 17.4 Å². The zero-order valence-corrected chi connectivity index (χ0v) is 10.3. The van der Waals surface area contributed by atoms with Crippen molar-refractivity contribution in [3.8, 4) is 0 Å².